The molecular formula is C12H11NO. The molecule has 1 aromatic rings. The molecule has 0 radical (unpaired) electrons. The van der Waals surface area contributed by atoms with Gasteiger partial charge in [-0.2, -0.15) is 0 Å². The van der Waals surface area contributed by atoms with Gasteiger partial charge in [-0.15, -0.1) is 0 Å². The summed E-state index contributed by atoms with van der Waals surface area (Å²) < 4.78 is 0. The van der Waals surface area contributed by atoms with Crippen LogP contribution >= 0.6 is 0 Å². The molecule has 0 aliphatic heterocycles. The topological polar surface area (TPSA) is 43.1 Å². The second-order valence-electron chi connectivity index (χ2n) is 3.25. The van der Waals surface area contributed by atoms with Crippen molar-refractivity contribution in [3.05, 3.63) is 54.1 Å². The molecule has 1 aromatic carbocycles. The van der Waals surface area contributed by atoms with Crippen LogP contribution in [0.5, 0.6) is 0 Å². The van der Waals surface area contributed by atoms with Gasteiger partial charge in [0.1, 0.15) is 0 Å². The molecule has 2 rings (SSSR count). The van der Waals surface area contributed by atoms with Gasteiger partial charge in [0.25, 0.3) is 0 Å². The fourth-order valence-corrected chi connectivity index (χ4v) is 1.44. The molecular weight excluding hydrogens is 174 g/mol. The lowest BCUT2D eigenvalue weighted by molar-refractivity contribution is -0.114. The Balaban J connectivity index is 2.34. The van der Waals surface area contributed by atoms with Gasteiger partial charge in [-0.3, -0.25) is 4.79 Å². The molecule has 14 heavy (non-hydrogen) atoms. The van der Waals surface area contributed by atoms with E-state index in [-0.39, 0.29) is 5.78 Å². The lowest BCUT2D eigenvalue weighted by Crippen LogP contribution is -2.28. The highest BCUT2D eigenvalue weighted by molar-refractivity contribution is 6.02. The number of benzene rings is 1. The molecule has 2 N–H and O–H groups in total. The Morgan fingerprint density at radius 1 is 1.07 bits per heavy atom. The quantitative estimate of drug-likeness (QED) is 0.721. The summed E-state index contributed by atoms with van der Waals surface area (Å²) in [5, 5.41) is 0. The van der Waals surface area contributed by atoms with Crippen LogP contribution in [0.15, 0.2) is 48.6 Å². The number of nitrogens with two attached hydrogens (primary N) is 1. The summed E-state index contributed by atoms with van der Waals surface area (Å²) >= 11 is 0. The van der Waals surface area contributed by atoms with E-state index in [0.29, 0.717) is 0 Å². The Morgan fingerprint density at radius 3 is 2.43 bits per heavy atom. The van der Waals surface area contributed by atoms with E-state index in [1.807, 2.05) is 30.3 Å². The van der Waals surface area contributed by atoms with Gasteiger partial charge in [0.15, 0.2) is 5.78 Å². The molecule has 2 nitrogen and oxygen atoms in total. The van der Waals surface area contributed by atoms with Crippen LogP contribution in [0.2, 0.25) is 0 Å². The largest absolute Gasteiger partial charge is 0.318 e. The average Bonchev–Trinajstić information content (AvgIpc) is 2.23. The summed E-state index contributed by atoms with van der Waals surface area (Å²) in [7, 11) is 0. The Bertz CT molecular complexity index is 404. The summed E-state index contributed by atoms with van der Waals surface area (Å²) in [6, 6.07) is 9.40. The summed E-state index contributed by atoms with van der Waals surface area (Å²) in [6.45, 7) is 0. The normalized spacial score (nSPS) is 20.8. The molecule has 0 unspecified atom stereocenters. The lowest BCUT2D eigenvalue weighted by atomic mass is 9.97. The van der Waals surface area contributed by atoms with Crippen LogP contribution in [0.1, 0.15) is 5.56 Å². The first-order valence-corrected chi connectivity index (χ1v) is 4.52. The highest BCUT2D eigenvalue weighted by Crippen LogP contribution is 2.18. The third-order valence-electron chi connectivity index (χ3n) is 2.22. The van der Waals surface area contributed by atoms with Crippen LogP contribution in [0.4, 0.5) is 0 Å². The van der Waals surface area contributed by atoms with Gasteiger partial charge in [-0.1, -0.05) is 42.5 Å². The average molecular weight is 185 g/mol. The molecule has 1 atom stereocenters. The van der Waals surface area contributed by atoms with Gasteiger partial charge in [0.05, 0.1) is 6.04 Å². The Morgan fingerprint density at radius 2 is 1.79 bits per heavy atom. The van der Waals surface area contributed by atoms with E-state index in [1.165, 1.54) is 6.08 Å². The summed E-state index contributed by atoms with van der Waals surface area (Å²) in [5.74, 6) is -0.0373. The van der Waals surface area contributed by atoms with Crippen LogP contribution in [0.3, 0.4) is 0 Å². The van der Waals surface area contributed by atoms with E-state index in [2.05, 4.69) is 0 Å². The van der Waals surface area contributed by atoms with E-state index >= 15 is 0 Å². The van der Waals surface area contributed by atoms with E-state index in [4.69, 9.17) is 5.73 Å². The maximum absolute atomic E-state index is 11.1. The second-order valence-corrected chi connectivity index (χ2v) is 3.25. The summed E-state index contributed by atoms with van der Waals surface area (Å²) in [6.07, 6.45) is 5.13. The van der Waals surface area contributed by atoms with Crippen molar-refractivity contribution in [2.45, 2.75) is 6.04 Å². The number of allylic oxidation sites excluding steroid dienone is 2. The second kappa shape index (κ2) is 3.60. The van der Waals surface area contributed by atoms with Crippen LogP contribution in [-0.4, -0.2) is 11.8 Å². The predicted octanol–water partition coefficient (Wildman–Crippen LogP) is 1.54. The first kappa shape index (κ1) is 8.91. The van der Waals surface area contributed by atoms with E-state index in [0.717, 1.165) is 11.1 Å². The number of hydrogen-bond acceptors (Lipinski definition) is 2. The number of hydrogen-bond donors (Lipinski definition) is 1. The maximum Gasteiger partial charge on any atom is 0.176 e. The molecule has 0 spiro atoms. The van der Waals surface area contributed by atoms with Crippen LogP contribution in [0.25, 0.3) is 5.57 Å². The SMILES string of the molecule is N[C@@H]1C=C(c2ccccc2)C=CC1=O. The Kier molecular flexibility index (Phi) is 2.29. The minimum Gasteiger partial charge on any atom is -0.318 e. The van der Waals surface area contributed by atoms with Gasteiger partial charge < -0.3 is 5.73 Å². The smallest absolute Gasteiger partial charge is 0.176 e. The van der Waals surface area contributed by atoms with Crippen molar-refractivity contribution in [1.29, 1.82) is 0 Å². The highest BCUT2D eigenvalue weighted by Gasteiger charge is 2.13. The molecule has 0 aromatic heterocycles. The standard InChI is InChI=1S/C12H11NO/c13-11-8-10(6-7-12(11)14)9-4-2-1-3-5-9/h1-8,11H,13H2/t11-/m1/s1. The fraction of sp³-hybridized carbons (Fsp3) is 0.0833. The van der Waals surface area contributed by atoms with Crippen molar-refractivity contribution in [3.8, 4) is 0 Å². The fourth-order valence-electron chi connectivity index (χ4n) is 1.44. The molecule has 1 aliphatic rings. The maximum atomic E-state index is 11.1. The van der Waals surface area contributed by atoms with Gasteiger partial charge in [0.2, 0.25) is 0 Å². The number of ketones is 1. The first-order chi connectivity index (χ1) is 6.77. The highest BCUT2D eigenvalue weighted by atomic mass is 16.1. The van der Waals surface area contributed by atoms with Crippen molar-refractivity contribution in [2.75, 3.05) is 0 Å². The molecule has 1 aliphatic carbocycles. The van der Waals surface area contributed by atoms with Crippen LogP contribution in [0, 0.1) is 0 Å². The van der Waals surface area contributed by atoms with E-state index in [1.54, 1.807) is 12.2 Å². The van der Waals surface area contributed by atoms with Crippen molar-refractivity contribution in [2.24, 2.45) is 5.73 Å². The first-order valence-electron chi connectivity index (χ1n) is 4.52. The van der Waals surface area contributed by atoms with Crippen molar-refractivity contribution in [1.82, 2.24) is 0 Å². The summed E-state index contributed by atoms with van der Waals surface area (Å²) in [5.41, 5.74) is 7.73. The third kappa shape index (κ3) is 1.65. The lowest BCUT2D eigenvalue weighted by Gasteiger charge is -2.11. The zero-order valence-corrected chi connectivity index (χ0v) is 7.68. The van der Waals surface area contributed by atoms with Crippen LogP contribution in [-0.2, 0) is 4.79 Å². The molecule has 0 saturated carbocycles. The monoisotopic (exact) mass is 185 g/mol. The number of carbonyl (C=O) groups is 1. The minimum atomic E-state index is -0.491. The van der Waals surface area contributed by atoms with Gasteiger partial charge >= 0.3 is 0 Å². The Hall–Kier alpha value is -1.67. The third-order valence-corrected chi connectivity index (χ3v) is 2.22. The molecule has 0 saturated heterocycles. The van der Waals surface area contributed by atoms with Crippen molar-refractivity contribution < 1.29 is 4.79 Å². The predicted molar refractivity (Wildman–Crippen MR) is 56.5 cm³/mol. The zero-order valence-electron chi connectivity index (χ0n) is 7.68. The Labute approximate surface area is 82.7 Å². The number of rotatable bonds is 1. The molecule has 0 heterocycles. The van der Waals surface area contributed by atoms with Crippen molar-refractivity contribution in [3.63, 3.8) is 0 Å². The van der Waals surface area contributed by atoms with Crippen LogP contribution < -0.4 is 5.73 Å². The molecule has 0 fully saturated rings. The minimum absolute atomic E-state index is 0.0373. The summed E-state index contributed by atoms with van der Waals surface area (Å²) in [4.78, 5) is 11.1. The number of carbonyl (C=O) groups excluding carboxylic acids is 1. The van der Waals surface area contributed by atoms with E-state index in [9.17, 15) is 4.79 Å². The molecule has 2 heteroatoms. The van der Waals surface area contributed by atoms with Gasteiger partial charge in [-0.25, -0.2) is 0 Å². The van der Waals surface area contributed by atoms with Crippen molar-refractivity contribution >= 4 is 11.4 Å². The zero-order chi connectivity index (χ0) is 9.97. The molecule has 70 valence electrons. The van der Waals surface area contributed by atoms with Gasteiger partial charge in [0, 0.05) is 0 Å². The van der Waals surface area contributed by atoms with E-state index < -0.39 is 6.04 Å². The molecule has 0 bridgehead atoms. The van der Waals surface area contributed by atoms with Gasteiger partial charge in [-0.05, 0) is 17.2 Å². The molecule has 0 amide bonds.